The number of hydrogen-bond donors (Lipinski definition) is 0. The Labute approximate surface area is 344 Å². The first-order chi connectivity index (χ1) is 28.6. The van der Waals surface area contributed by atoms with Crippen molar-refractivity contribution in [3.63, 3.8) is 0 Å². The molecule has 0 aliphatic heterocycles. The van der Waals surface area contributed by atoms with Gasteiger partial charge in [-0.3, -0.25) is 0 Å². The minimum absolute atomic E-state index is 1.13. The van der Waals surface area contributed by atoms with Gasteiger partial charge in [-0.15, -0.1) is 0 Å². The minimum atomic E-state index is 1.13. The summed E-state index contributed by atoms with van der Waals surface area (Å²) in [5.41, 5.74) is 16.3. The lowest BCUT2D eigenvalue weighted by atomic mass is 10.1. The van der Waals surface area contributed by atoms with Gasteiger partial charge in [-0.05, 0) is 77.9 Å². The van der Waals surface area contributed by atoms with Gasteiger partial charge < -0.3 is 0 Å². The standard InChI is InChI=1S/C58H46/c1-3-45-5-9-47(10-6-45)13-15-49-17-21-51(22-18-49)25-27-53-29-33-55(34-30-53)37-39-57-41-43-58(44-42-57)40-38-56-35-31-54(32-36-56)28-26-52-23-19-50(20-24-52)16-14-48-11-7-46(4-2)8-12-48/h3-44H,1-2H2/b15-13+,16-14+,27-25+,28-26+,39-37+,40-38+. The summed E-state index contributed by atoms with van der Waals surface area (Å²) in [5.74, 6) is 0. The van der Waals surface area contributed by atoms with Crippen LogP contribution in [0.1, 0.15) is 77.9 Å². The predicted octanol–water partition coefficient (Wildman–Crippen LogP) is 16.0. The van der Waals surface area contributed by atoms with Gasteiger partial charge in [-0.25, -0.2) is 0 Å². The summed E-state index contributed by atoms with van der Waals surface area (Å²) < 4.78 is 0. The largest absolute Gasteiger partial charge is 0.0985 e. The molecule has 7 rings (SSSR count). The quantitative estimate of drug-likeness (QED) is 0.0974. The lowest BCUT2D eigenvalue weighted by molar-refractivity contribution is 1.60. The Morgan fingerprint density at radius 1 is 0.155 bits per heavy atom. The van der Waals surface area contributed by atoms with Crippen LogP contribution in [0.25, 0.3) is 85.1 Å². The van der Waals surface area contributed by atoms with Gasteiger partial charge >= 0.3 is 0 Å². The molecule has 0 aliphatic carbocycles. The molecule has 0 N–H and O–H groups in total. The van der Waals surface area contributed by atoms with E-state index in [1.807, 2.05) is 12.2 Å². The van der Waals surface area contributed by atoms with Crippen molar-refractivity contribution >= 4 is 85.1 Å². The summed E-state index contributed by atoms with van der Waals surface area (Å²) in [6.45, 7) is 7.64. The van der Waals surface area contributed by atoms with Crippen LogP contribution in [-0.4, -0.2) is 0 Å². The van der Waals surface area contributed by atoms with Crippen molar-refractivity contribution in [1.82, 2.24) is 0 Å². The molecule has 0 amide bonds. The SMILES string of the molecule is C=Cc1ccc(/C=C/c2ccc(/C=C/c3ccc(/C=C/c4ccc(/C=C/c5ccc(/C=C/c6ccc(/C=C/c7ccc(C=C)cc7)cc6)cc5)cc4)cc3)cc2)cc1. The van der Waals surface area contributed by atoms with E-state index < -0.39 is 0 Å². The van der Waals surface area contributed by atoms with Crippen LogP contribution in [-0.2, 0) is 0 Å². The van der Waals surface area contributed by atoms with Crippen molar-refractivity contribution in [3.8, 4) is 0 Å². The molecule has 0 aliphatic rings. The van der Waals surface area contributed by atoms with Gasteiger partial charge in [-0.1, -0.05) is 268 Å². The molecule has 0 heterocycles. The fraction of sp³-hybridized carbons (Fsp3) is 0. The van der Waals surface area contributed by atoms with E-state index in [9.17, 15) is 0 Å². The number of rotatable bonds is 14. The first kappa shape index (κ1) is 38.7. The molecule has 7 aromatic rings. The van der Waals surface area contributed by atoms with Crippen LogP contribution in [0.3, 0.4) is 0 Å². The lowest BCUT2D eigenvalue weighted by Gasteiger charge is -2.00. The molecule has 0 radical (unpaired) electrons. The summed E-state index contributed by atoms with van der Waals surface area (Å²) in [5, 5.41) is 0. The van der Waals surface area contributed by atoms with E-state index in [1.165, 1.54) is 66.8 Å². The molecule has 0 nitrogen and oxygen atoms in total. The van der Waals surface area contributed by atoms with Crippen molar-refractivity contribution in [2.24, 2.45) is 0 Å². The number of hydrogen-bond acceptors (Lipinski definition) is 0. The average molecular weight is 743 g/mol. The van der Waals surface area contributed by atoms with E-state index >= 15 is 0 Å². The maximum Gasteiger partial charge on any atom is -0.0256 e. The smallest absolute Gasteiger partial charge is 0.0256 e. The summed E-state index contributed by atoms with van der Waals surface area (Å²) in [7, 11) is 0. The van der Waals surface area contributed by atoms with Crippen LogP contribution in [0.5, 0.6) is 0 Å². The lowest BCUT2D eigenvalue weighted by Crippen LogP contribution is -1.78. The summed E-state index contributed by atoms with van der Waals surface area (Å²) in [4.78, 5) is 0. The van der Waals surface area contributed by atoms with Gasteiger partial charge in [0.15, 0.2) is 0 Å². The fourth-order valence-corrected chi connectivity index (χ4v) is 6.23. The highest BCUT2D eigenvalue weighted by molar-refractivity contribution is 5.77. The van der Waals surface area contributed by atoms with Crippen LogP contribution < -0.4 is 0 Å². The first-order valence-corrected chi connectivity index (χ1v) is 19.6. The molecule has 0 aromatic heterocycles. The van der Waals surface area contributed by atoms with Crippen molar-refractivity contribution < 1.29 is 0 Å². The Kier molecular flexibility index (Phi) is 13.3. The van der Waals surface area contributed by atoms with Gasteiger partial charge in [0.05, 0.1) is 0 Å². The van der Waals surface area contributed by atoms with E-state index in [0.29, 0.717) is 0 Å². The Hall–Kier alpha value is -7.54. The van der Waals surface area contributed by atoms with E-state index in [4.69, 9.17) is 0 Å². The highest BCUT2D eigenvalue weighted by Crippen LogP contribution is 2.18. The van der Waals surface area contributed by atoms with Crippen LogP contribution in [0, 0.1) is 0 Å². The normalized spacial score (nSPS) is 11.9. The fourth-order valence-electron chi connectivity index (χ4n) is 6.23. The maximum atomic E-state index is 3.82. The van der Waals surface area contributed by atoms with Crippen LogP contribution in [0.2, 0.25) is 0 Å². The highest BCUT2D eigenvalue weighted by Gasteiger charge is 1.96. The third-order valence-corrected chi connectivity index (χ3v) is 9.84. The van der Waals surface area contributed by atoms with Crippen LogP contribution >= 0.6 is 0 Å². The molecule has 0 atom stereocenters. The molecule has 0 fully saturated rings. The average Bonchev–Trinajstić information content (AvgIpc) is 3.29. The zero-order chi connectivity index (χ0) is 39.8. The van der Waals surface area contributed by atoms with Gasteiger partial charge in [0.2, 0.25) is 0 Å². The second-order valence-electron chi connectivity index (χ2n) is 14.1. The Morgan fingerprint density at radius 3 is 0.328 bits per heavy atom. The summed E-state index contributed by atoms with van der Waals surface area (Å²) in [6.07, 6.45) is 29.5. The van der Waals surface area contributed by atoms with Crippen LogP contribution in [0.4, 0.5) is 0 Å². The molecular weight excluding hydrogens is 697 g/mol. The second-order valence-corrected chi connectivity index (χ2v) is 14.1. The van der Waals surface area contributed by atoms with Gasteiger partial charge in [0.1, 0.15) is 0 Å². The predicted molar refractivity (Wildman–Crippen MR) is 259 cm³/mol. The monoisotopic (exact) mass is 742 g/mol. The van der Waals surface area contributed by atoms with E-state index in [0.717, 1.165) is 11.1 Å². The number of benzene rings is 7. The first-order valence-electron chi connectivity index (χ1n) is 19.6. The van der Waals surface area contributed by atoms with Gasteiger partial charge in [-0.2, -0.15) is 0 Å². The molecule has 58 heavy (non-hydrogen) atoms. The molecule has 0 saturated heterocycles. The third-order valence-electron chi connectivity index (χ3n) is 9.84. The maximum absolute atomic E-state index is 3.82. The molecule has 278 valence electrons. The van der Waals surface area contributed by atoms with Crippen molar-refractivity contribution in [2.75, 3.05) is 0 Å². The molecular formula is C58H46. The Bertz CT molecular complexity index is 2400. The summed E-state index contributed by atoms with van der Waals surface area (Å²) in [6, 6.07) is 59.9. The molecule has 0 unspecified atom stereocenters. The zero-order valence-corrected chi connectivity index (χ0v) is 32.7. The Balaban J connectivity index is 0.856. The topological polar surface area (TPSA) is 0 Å². The van der Waals surface area contributed by atoms with Crippen molar-refractivity contribution in [2.45, 2.75) is 0 Å². The molecule has 0 spiro atoms. The molecule has 7 aromatic carbocycles. The summed E-state index contributed by atoms with van der Waals surface area (Å²) >= 11 is 0. The van der Waals surface area contributed by atoms with E-state index in [2.05, 4.69) is 256 Å². The molecule has 0 saturated carbocycles. The highest BCUT2D eigenvalue weighted by atomic mass is 14.0. The Morgan fingerprint density at radius 2 is 0.241 bits per heavy atom. The third kappa shape index (κ3) is 11.7. The van der Waals surface area contributed by atoms with Crippen molar-refractivity contribution in [3.05, 3.63) is 261 Å². The minimum Gasteiger partial charge on any atom is -0.0985 e. The van der Waals surface area contributed by atoms with Gasteiger partial charge in [0, 0.05) is 0 Å². The van der Waals surface area contributed by atoms with Crippen molar-refractivity contribution in [1.29, 1.82) is 0 Å². The molecule has 0 bridgehead atoms. The van der Waals surface area contributed by atoms with Gasteiger partial charge in [0.25, 0.3) is 0 Å². The van der Waals surface area contributed by atoms with E-state index in [-0.39, 0.29) is 0 Å². The van der Waals surface area contributed by atoms with E-state index in [1.54, 1.807) is 0 Å². The second kappa shape index (κ2) is 19.9. The van der Waals surface area contributed by atoms with Crippen LogP contribution in [0.15, 0.2) is 183 Å². The zero-order valence-electron chi connectivity index (χ0n) is 32.7. The molecule has 0 heteroatoms.